The SMILES string of the molecule is CCCCCCCCCCCCCCC1CC(=O)O1. The number of hydrogen-bond donors (Lipinski definition) is 0. The molecule has 0 aromatic heterocycles. The van der Waals surface area contributed by atoms with E-state index in [1.807, 2.05) is 0 Å². The van der Waals surface area contributed by atoms with Crippen molar-refractivity contribution in [3.63, 3.8) is 0 Å². The average molecular weight is 268 g/mol. The summed E-state index contributed by atoms with van der Waals surface area (Å²) in [6.07, 6.45) is 18.6. The van der Waals surface area contributed by atoms with Crippen LogP contribution in [0.25, 0.3) is 0 Å². The lowest BCUT2D eigenvalue weighted by atomic mass is 10.0. The monoisotopic (exact) mass is 268 g/mol. The fourth-order valence-electron chi connectivity index (χ4n) is 2.74. The Bertz CT molecular complexity index is 217. The highest BCUT2D eigenvalue weighted by atomic mass is 16.6. The van der Waals surface area contributed by atoms with Gasteiger partial charge in [0.15, 0.2) is 0 Å². The first-order chi connectivity index (χ1) is 9.33. The molecule has 1 heterocycles. The third-order valence-electron chi connectivity index (χ3n) is 4.07. The van der Waals surface area contributed by atoms with Gasteiger partial charge >= 0.3 is 5.97 Å². The molecular formula is C17H32O2. The van der Waals surface area contributed by atoms with Crippen molar-refractivity contribution in [2.24, 2.45) is 0 Å². The maximum Gasteiger partial charge on any atom is 0.309 e. The number of cyclic esters (lactones) is 1. The van der Waals surface area contributed by atoms with Crippen LogP contribution < -0.4 is 0 Å². The maximum atomic E-state index is 10.6. The molecule has 0 aromatic rings. The average Bonchev–Trinajstić information content (AvgIpc) is 2.37. The summed E-state index contributed by atoms with van der Waals surface area (Å²) in [4.78, 5) is 10.6. The van der Waals surface area contributed by atoms with Crippen LogP contribution in [-0.4, -0.2) is 12.1 Å². The molecule has 0 aromatic carbocycles. The molecule has 0 spiro atoms. The van der Waals surface area contributed by atoms with Crippen LogP contribution in [0.1, 0.15) is 96.8 Å². The number of carbonyl (C=O) groups excluding carboxylic acids is 1. The van der Waals surface area contributed by atoms with Crippen LogP contribution in [0.5, 0.6) is 0 Å². The van der Waals surface area contributed by atoms with E-state index in [1.165, 1.54) is 77.0 Å². The second-order valence-corrected chi connectivity index (χ2v) is 5.99. The molecule has 0 N–H and O–H groups in total. The number of rotatable bonds is 13. The van der Waals surface area contributed by atoms with E-state index in [2.05, 4.69) is 6.92 Å². The van der Waals surface area contributed by atoms with E-state index in [0.29, 0.717) is 6.42 Å². The lowest BCUT2D eigenvalue weighted by Crippen LogP contribution is -2.32. The molecule has 1 atom stereocenters. The first-order valence-corrected chi connectivity index (χ1v) is 8.52. The van der Waals surface area contributed by atoms with Crippen LogP contribution in [0, 0.1) is 0 Å². The summed E-state index contributed by atoms with van der Waals surface area (Å²) < 4.78 is 5.00. The van der Waals surface area contributed by atoms with E-state index >= 15 is 0 Å². The zero-order valence-corrected chi connectivity index (χ0v) is 12.8. The van der Waals surface area contributed by atoms with Crippen LogP contribution in [0.2, 0.25) is 0 Å². The molecule has 1 fully saturated rings. The lowest BCUT2D eigenvalue weighted by molar-refractivity contribution is -0.169. The van der Waals surface area contributed by atoms with E-state index in [-0.39, 0.29) is 12.1 Å². The highest BCUT2D eigenvalue weighted by molar-refractivity contribution is 5.75. The molecule has 1 rings (SSSR count). The van der Waals surface area contributed by atoms with Crippen molar-refractivity contribution in [1.82, 2.24) is 0 Å². The smallest absolute Gasteiger partial charge is 0.309 e. The number of carbonyl (C=O) groups is 1. The molecule has 1 saturated heterocycles. The highest BCUT2D eigenvalue weighted by Gasteiger charge is 2.27. The van der Waals surface area contributed by atoms with Gasteiger partial charge in [-0.3, -0.25) is 4.79 Å². The molecule has 0 aliphatic carbocycles. The Labute approximate surface area is 119 Å². The maximum absolute atomic E-state index is 10.6. The molecule has 19 heavy (non-hydrogen) atoms. The Kier molecular flexibility index (Phi) is 9.84. The molecule has 0 radical (unpaired) electrons. The minimum Gasteiger partial charge on any atom is -0.462 e. The molecular weight excluding hydrogens is 236 g/mol. The number of unbranched alkanes of at least 4 members (excludes halogenated alkanes) is 11. The fourth-order valence-corrected chi connectivity index (χ4v) is 2.74. The van der Waals surface area contributed by atoms with Gasteiger partial charge in [0.1, 0.15) is 6.10 Å². The highest BCUT2D eigenvalue weighted by Crippen LogP contribution is 2.20. The predicted octanol–water partition coefficient (Wildman–Crippen LogP) is 5.39. The van der Waals surface area contributed by atoms with Gasteiger partial charge in [-0.1, -0.05) is 77.6 Å². The van der Waals surface area contributed by atoms with Gasteiger partial charge < -0.3 is 4.74 Å². The Morgan fingerprint density at radius 3 is 1.68 bits per heavy atom. The third-order valence-corrected chi connectivity index (χ3v) is 4.07. The molecule has 112 valence electrons. The molecule has 0 saturated carbocycles. The van der Waals surface area contributed by atoms with Gasteiger partial charge in [0.25, 0.3) is 0 Å². The van der Waals surface area contributed by atoms with Gasteiger partial charge in [-0.15, -0.1) is 0 Å². The van der Waals surface area contributed by atoms with Crippen LogP contribution in [0.15, 0.2) is 0 Å². The zero-order chi connectivity index (χ0) is 13.8. The van der Waals surface area contributed by atoms with Crippen LogP contribution in [0.4, 0.5) is 0 Å². The summed E-state index contributed by atoms with van der Waals surface area (Å²) >= 11 is 0. The van der Waals surface area contributed by atoms with E-state index in [4.69, 9.17) is 4.74 Å². The quantitative estimate of drug-likeness (QED) is 0.330. The van der Waals surface area contributed by atoms with Crippen molar-refractivity contribution >= 4 is 5.97 Å². The largest absolute Gasteiger partial charge is 0.462 e. The number of hydrogen-bond acceptors (Lipinski definition) is 2. The second-order valence-electron chi connectivity index (χ2n) is 5.99. The van der Waals surface area contributed by atoms with E-state index < -0.39 is 0 Å². The summed E-state index contributed by atoms with van der Waals surface area (Å²) in [5.74, 6) is -0.0102. The lowest BCUT2D eigenvalue weighted by Gasteiger charge is -2.25. The third kappa shape index (κ3) is 9.07. The topological polar surface area (TPSA) is 26.3 Å². The van der Waals surface area contributed by atoms with Gasteiger partial charge in [0.05, 0.1) is 6.42 Å². The van der Waals surface area contributed by atoms with Gasteiger partial charge in [-0.2, -0.15) is 0 Å². The molecule has 1 unspecified atom stereocenters. The molecule has 2 heteroatoms. The van der Waals surface area contributed by atoms with Gasteiger partial charge in [-0.05, 0) is 12.8 Å². The van der Waals surface area contributed by atoms with Crippen molar-refractivity contribution in [1.29, 1.82) is 0 Å². The Morgan fingerprint density at radius 2 is 1.26 bits per heavy atom. The van der Waals surface area contributed by atoms with Crippen LogP contribution in [-0.2, 0) is 9.53 Å². The van der Waals surface area contributed by atoms with Gasteiger partial charge in [-0.25, -0.2) is 0 Å². The predicted molar refractivity (Wildman–Crippen MR) is 80.2 cm³/mol. The van der Waals surface area contributed by atoms with E-state index in [9.17, 15) is 4.79 Å². The van der Waals surface area contributed by atoms with Gasteiger partial charge in [0, 0.05) is 0 Å². The molecule has 0 bridgehead atoms. The first kappa shape index (κ1) is 16.5. The zero-order valence-electron chi connectivity index (χ0n) is 12.8. The summed E-state index contributed by atoms with van der Waals surface area (Å²) in [6.45, 7) is 2.27. The van der Waals surface area contributed by atoms with E-state index in [1.54, 1.807) is 0 Å². The Balaban J connectivity index is 1.66. The summed E-state index contributed by atoms with van der Waals surface area (Å²) in [5.41, 5.74) is 0. The summed E-state index contributed by atoms with van der Waals surface area (Å²) in [7, 11) is 0. The van der Waals surface area contributed by atoms with Gasteiger partial charge in [0.2, 0.25) is 0 Å². The molecule has 1 aliphatic heterocycles. The number of ether oxygens (including phenoxy) is 1. The molecule has 2 nitrogen and oxygen atoms in total. The van der Waals surface area contributed by atoms with Crippen molar-refractivity contribution < 1.29 is 9.53 Å². The van der Waals surface area contributed by atoms with Crippen molar-refractivity contribution in [3.8, 4) is 0 Å². The number of esters is 1. The second kappa shape index (κ2) is 11.3. The minimum atomic E-state index is -0.0102. The van der Waals surface area contributed by atoms with Crippen molar-refractivity contribution in [2.45, 2.75) is 103 Å². The van der Waals surface area contributed by atoms with Crippen molar-refractivity contribution in [3.05, 3.63) is 0 Å². The van der Waals surface area contributed by atoms with E-state index in [0.717, 1.165) is 6.42 Å². The summed E-state index contributed by atoms with van der Waals surface area (Å²) in [6, 6.07) is 0. The normalized spacial score (nSPS) is 18.2. The molecule has 0 amide bonds. The Morgan fingerprint density at radius 1 is 0.842 bits per heavy atom. The van der Waals surface area contributed by atoms with Crippen LogP contribution >= 0.6 is 0 Å². The summed E-state index contributed by atoms with van der Waals surface area (Å²) in [5, 5.41) is 0. The standard InChI is InChI=1S/C17H32O2/c1-2-3-4-5-6-7-8-9-10-11-12-13-14-16-15-17(18)19-16/h16H,2-15H2,1H3. The first-order valence-electron chi connectivity index (χ1n) is 8.52. The van der Waals surface area contributed by atoms with Crippen LogP contribution in [0.3, 0.4) is 0 Å². The minimum absolute atomic E-state index is 0.0102. The van der Waals surface area contributed by atoms with Crippen molar-refractivity contribution in [2.75, 3.05) is 0 Å². The molecule has 1 aliphatic rings. The Hall–Kier alpha value is -0.530. The fraction of sp³-hybridized carbons (Fsp3) is 0.941.